The van der Waals surface area contributed by atoms with Crippen LogP contribution >= 0.6 is 0 Å². The Morgan fingerprint density at radius 1 is 1.67 bits per heavy atom. The van der Waals surface area contributed by atoms with Gasteiger partial charge in [-0.3, -0.25) is 4.90 Å². The van der Waals surface area contributed by atoms with Crippen molar-refractivity contribution in [3.63, 3.8) is 0 Å². The molecule has 0 aliphatic carbocycles. The molecule has 2 heterocycles. The van der Waals surface area contributed by atoms with Gasteiger partial charge in [0.15, 0.2) is 5.95 Å². The lowest BCUT2D eigenvalue weighted by atomic mass is 10.2. The molecule has 0 amide bonds. The molecule has 4 heteroatoms. The lowest BCUT2D eigenvalue weighted by Crippen LogP contribution is -2.34. The fourth-order valence-corrected chi connectivity index (χ4v) is 2.26. The van der Waals surface area contributed by atoms with Gasteiger partial charge in [0.2, 0.25) is 0 Å². The first-order valence-corrected chi connectivity index (χ1v) is 5.79. The molecule has 1 saturated heterocycles. The number of aromatic amines is 1. The van der Waals surface area contributed by atoms with Crippen molar-refractivity contribution in [2.75, 3.05) is 25.0 Å². The predicted octanol–water partition coefficient (Wildman–Crippen LogP) is 1.61. The summed E-state index contributed by atoms with van der Waals surface area (Å²) >= 11 is 0. The number of rotatable bonds is 4. The third kappa shape index (κ3) is 2.50. The van der Waals surface area contributed by atoms with Gasteiger partial charge < -0.3 is 10.3 Å². The van der Waals surface area contributed by atoms with Gasteiger partial charge in [0.25, 0.3) is 0 Å². The van der Waals surface area contributed by atoms with Crippen molar-refractivity contribution < 1.29 is 0 Å². The molecule has 0 aromatic carbocycles. The van der Waals surface area contributed by atoms with E-state index in [1.54, 1.807) is 0 Å². The Morgan fingerprint density at radius 2 is 2.53 bits per heavy atom. The summed E-state index contributed by atoms with van der Waals surface area (Å²) in [5, 5.41) is 3.36. The first-order valence-electron chi connectivity index (χ1n) is 5.79. The predicted molar refractivity (Wildman–Crippen MR) is 62.1 cm³/mol. The van der Waals surface area contributed by atoms with E-state index in [2.05, 4.69) is 27.1 Å². The van der Waals surface area contributed by atoms with E-state index < -0.39 is 0 Å². The van der Waals surface area contributed by atoms with Crippen molar-refractivity contribution in [1.29, 1.82) is 0 Å². The molecule has 1 aromatic heterocycles. The van der Waals surface area contributed by atoms with Crippen LogP contribution in [0.15, 0.2) is 6.20 Å². The number of aryl methyl sites for hydroxylation is 1. The number of anilines is 1. The summed E-state index contributed by atoms with van der Waals surface area (Å²) in [4.78, 5) is 9.97. The van der Waals surface area contributed by atoms with Gasteiger partial charge in [-0.1, -0.05) is 6.92 Å². The van der Waals surface area contributed by atoms with Crippen LogP contribution in [0.25, 0.3) is 0 Å². The molecular weight excluding hydrogens is 188 g/mol. The Labute approximate surface area is 91.1 Å². The molecule has 4 nitrogen and oxygen atoms in total. The van der Waals surface area contributed by atoms with Crippen molar-refractivity contribution in [2.45, 2.75) is 32.7 Å². The van der Waals surface area contributed by atoms with Crippen LogP contribution in [0, 0.1) is 6.92 Å². The average Bonchev–Trinajstić information content (AvgIpc) is 2.83. The van der Waals surface area contributed by atoms with Crippen molar-refractivity contribution in [1.82, 2.24) is 14.9 Å². The molecule has 1 aliphatic heterocycles. The van der Waals surface area contributed by atoms with E-state index in [0.29, 0.717) is 6.04 Å². The van der Waals surface area contributed by atoms with E-state index in [1.807, 2.05) is 13.1 Å². The summed E-state index contributed by atoms with van der Waals surface area (Å²) in [5.74, 6) is 0.899. The molecule has 0 bridgehead atoms. The number of nitrogens with zero attached hydrogens (tertiary/aromatic N) is 2. The largest absolute Gasteiger partial charge is 0.354 e. The highest BCUT2D eigenvalue weighted by Gasteiger charge is 2.22. The van der Waals surface area contributed by atoms with Crippen LogP contribution in [-0.4, -0.2) is 40.5 Å². The molecule has 0 spiro atoms. The first kappa shape index (κ1) is 10.5. The van der Waals surface area contributed by atoms with Crippen molar-refractivity contribution in [2.24, 2.45) is 0 Å². The lowest BCUT2D eigenvalue weighted by Gasteiger charge is -2.22. The molecule has 15 heavy (non-hydrogen) atoms. The summed E-state index contributed by atoms with van der Waals surface area (Å²) in [7, 11) is 0. The van der Waals surface area contributed by atoms with Crippen LogP contribution in [0.5, 0.6) is 0 Å². The summed E-state index contributed by atoms with van der Waals surface area (Å²) in [6.45, 7) is 7.66. The van der Waals surface area contributed by atoms with Crippen molar-refractivity contribution in [3.05, 3.63) is 11.9 Å². The average molecular weight is 208 g/mol. The fraction of sp³-hybridized carbons (Fsp3) is 0.727. The second kappa shape index (κ2) is 4.66. The fourth-order valence-electron chi connectivity index (χ4n) is 2.26. The maximum atomic E-state index is 4.24. The highest BCUT2D eigenvalue weighted by atomic mass is 15.2. The second-order valence-corrected chi connectivity index (χ2v) is 4.22. The van der Waals surface area contributed by atoms with Gasteiger partial charge in [-0.15, -0.1) is 0 Å². The van der Waals surface area contributed by atoms with Crippen molar-refractivity contribution >= 4 is 5.95 Å². The SMILES string of the molecule is CCN1CCCC1CNc1ncc(C)[nH]1. The summed E-state index contributed by atoms with van der Waals surface area (Å²) in [6, 6.07) is 0.681. The number of hydrogen-bond donors (Lipinski definition) is 2. The van der Waals surface area contributed by atoms with Crippen LogP contribution in [0.4, 0.5) is 5.95 Å². The Hall–Kier alpha value is -1.03. The maximum absolute atomic E-state index is 4.24. The standard InChI is InChI=1S/C11H20N4/c1-3-15-6-4-5-10(15)8-13-11-12-7-9(2)14-11/h7,10H,3-6,8H2,1-2H3,(H2,12,13,14). The first-order chi connectivity index (χ1) is 7.29. The molecular formula is C11H20N4. The van der Waals surface area contributed by atoms with Gasteiger partial charge in [-0.05, 0) is 32.9 Å². The molecule has 0 radical (unpaired) electrons. The van der Waals surface area contributed by atoms with Gasteiger partial charge in [0, 0.05) is 24.5 Å². The number of imidazole rings is 1. The second-order valence-electron chi connectivity index (χ2n) is 4.22. The minimum absolute atomic E-state index is 0.681. The summed E-state index contributed by atoms with van der Waals surface area (Å²) in [5.41, 5.74) is 1.11. The third-order valence-corrected chi connectivity index (χ3v) is 3.11. The zero-order valence-corrected chi connectivity index (χ0v) is 9.58. The molecule has 0 saturated carbocycles. The van der Waals surface area contributed by atoms with E-state index in [0.717, 1.165) is 24.7 Å². The van der Waals surface area contributed by atoms with Gasteiger partial charge in [0.05, 0.1) is 0 Å². The van der Waals surface area contributed by atoms with Crippen LogP contribution in [0.3, 0.4) is 0 Å². The molecule has 1 aliphatic rings. The molecule has 2 N–H and O–H groups in total. The van der Waals surface area contributed by atoms with E-state index >= 15 is 0 Å². The normalized spacial score (nSPS) is 22.1. The lowest BCUT2D eigenvalue weighted by molar-refractivity contribution is 0.277. The summed E-state index contributed by atoms with van der Waals surface area (Å²) in [6.07, 6.45) is 4.49. The van der Waals surface area contributed by atoms with Crippen molar-refractivity contribution in [3.8, 4) is 0 Å². The van der Waals surface area contributed by atoms with Crippen LogP contribution in [-0.2, 0) is 0 Å². The monoisotopic (exact) mass is 208 g/mol. The minimum Gasteiger partial charge on any atom is -0.354 e. The zero-order valence-electron chi connectivity index (χ0n) is 9.58. The van der Waals surface area contributed by atoms with Gasteiger partial charge in [-0.2, -0.15) is 0 Å². The molecule has 84 valence electrons. The Balaban J connectivity index is 1.82. The molecule has 1 aromatic rings. The highest BCUT2D eigenvalue weighted by Crippen LogP contribution is 2.16. The van der Waals surface area contributed by atoms with E-state index in [4.69, 9.17) is 0 Å². The summed E-state index contributed by atoms with van der Waals surface area (Å²) < 4.78 is 0. The number of hydrogen-bond acceptors (Lipinski definition) is 3. The molecule has 1 fully saturated rings. The van der Waals surface area contributed by atoms with E-state index in [1.165, 1.54) is 19.4 Å². The number of likely N-dealkylation sites (tertiary alicyclic amines) is 1. The Morgan fingerprint density at radius 3 is 3.20 bits per heavy atom. The van der Waals surface area contributed by atoms with Gasteiger partial charge in [0.1, 0.15) is 0 Å². The maximum Gasteiger partial charge on any atom is 0.200 e. The smallest absolute Gasteiger partial charge is 0.200 e. The minimum atomic E-state index is 0.681. The topological polar surface area (TPSA) is 44.0 Å². The number of likely N-dealkylation sites (N-methyl/N-ethyl adjacent to an activating group) is 1. The number of aromatic nitrogens is 2. The number of H-pyrrole nitrogens is 1. The number of nitrogens with one attached hydrogen (secondary N) is 2. The Bertz CT molecular complexity index is 307. The van der Waals surface area contributed by atoms with Crippen LogP contribution in [0.1, 0.15) is 25.5 Å². The molecule has 2 rings (SSSR count). The van der Waals surface area contributed by atoms with E-state index in [9.17, 15) is 0 Å². The molecule has 1 atom stereocenters. The van der Waals surface area contributed by atoms with Gasteiger partial charge >= 0.3 is 0 Å². The molecule has 1 unspecified atom stereocenters. The van der Waals surface area contributed by atoms with Crippen LogP contribution < -0.4 is 5.32 Å². The Kier molecular flexibility index (Phi) is 3.26. The highest BCUT2D eigenvalue weighted by molar-refractivity contribution is 5.26. The van der Waals surface area contributed by atoms with Crippen LogP contribution in [0.2, 0.25) is 0 Å². The van der Waals surface area contributed by atoms with E-state index in [-0.39, 0.29) is 0 Å². The van der Waals surface area contributed by atoms with Gasteiger partial charge in [-0.25, -0.2) is 4.98 Å². The zero-order chi connectivity index (χ0) is 10.7. The quantitative estimate of drug-likeness (QED) is 0.790. The third-order valence-electron chi connectivity index (χ3n) is 3.11.